The summed E-state index contributed by atoms with van der Waals surface area (Å²) in [6.45, 7) is 9.44. The number of aliphatic hydroxyl groups is 2. The molecule has 481 valence electrons. The van der Waals surface area contributed by atoms with E-state index >= 15 is 0 Å². The molecule has 2 aromatic carbocycles. The van der Waals surface area contributed by atoms with Crippen molar-refractivity contribution in [1.29, 1.82) is 0 Å². The van der Waals surface area contributed by atoms with Gasteiger partial charge in [0.2, 0.25) is 0 Å². The van der Waals surface area contributed by atoms with Crippen molar-refractivity contribution in [2.24, 2.45) is 0 Å². The zero-order chi connectivity index (χ0) is 58.0. The van der Waals surface area contributed by atoms with Crippen molar-refractivity contribution in [1.82, 2.24) is 0 Å². The Morgan fingerprint density at radius 1 is 0.506 bits per heavy atom. The van der Waals surface area contributed by atoms with Crippen molar-refractivity contribution in [2.45, 2.75) is 220 Å². The molecule has 0 bridgehead atoms. The number of carbonyl (C=O) groups excluding carboxylic acids is 2. The average Bonchev–Trinajstić information content (AvgIpc) is 3.76. The van der Waals surface area contributed by atoms with Gasteiger partial charge in [-0.2, -0.15) is 38.2 Å². The Balaban J connectivity index is -0.000000466. The summed E-state index contributed by atoms with van der Waals surface area (Å²) in [6.07, 6.45) is 22.8. The third kappa shape index (κ3) is 31.4. The standard InChI is InChI=1S/C15H20O5S.C9H16O2S.C8H14O3.C8H12O3.C7H7ClO2S.C7H12OS.CH4O.CH4S.3CH4.B.2Na.H/c1-12-2-4-14(5-3-12)21(16,17)20-13-6-8-15(9-7-13)18-10-11-19-15;1-12-8-2-4-9(5-3-8)10-6-7-11-9;2*9-7-1-3-8(4-2-7)10-5-6-11-8;1-6-2-4-7(5-3-6)11(8,9)10;1-9-7-4-2-6(8)3-5-7;2*1-2;;;;;;;/h2-5,13H,6-11H2,1H3;8H,2-7H2,1H3;7,9H,1-6H2;1-6H2;2-5H,1H3;7H,2-5H2,1H3;2*2H,1H3;3*1H4;;;;/q;;;;;;;;;;;;2*+1;-1/p-1. The van der Waals surface area contributed by atoms with Gasteiger partial charge in [-0.05, 0) is 102 Å². The molecule has 3 radical (unpaired) electrons. The molecular formula is C59H101BClNa2O17S5. The van der Waals surface area contributed by atoms with Gasteiger partial charge in [0.05, 0.1) is 74.9 Å². The van der Waals surface area contributed by atoms with E-state index in [2.05, 4.69) is 25.1 Å². The van der Waals surface area contributed by atoms with E-state index < -0.39 is 25.0 Å². The molecule has 4 heterocycles. The molecule has 5 saturated carbocycles. The first-order valence-electron chi connectivity index (χ1n) is 27.5. The SMILES string of the molecule is C.C.C.CO.CSC1CCC(=O)CC1.CSC1CCC2(CC1)OCCO2.C[S-].Cc1ccc(S(=O)(=O)Cl)cc1.Cc1ccc(S(=O)(=O)OC2CCC3(CC2)OCCO3)cc1.O=C1CCC2(CC1)OCCO2.OC1CCC2(CC1)OCCO2.[B].[H-].[Na+].[Na+]. The van der Waals surface area contributed by atoms with Gasteiger partial charge < -0.3 is 62.2 Å². The summed E-state index contributed by atoms with van der Waals surface area (Å²) in [5.41, 5.74) is 2.03. The van der Waals surface area contributed by atoms with Crippen LogP contribution < -0.4 is 59.1 Å². The summed E-state index contributed by atoms with van der Waals surface area (Å²) >= 11 is 7.96. The van der Waals surface area contributed by atoms with Gasteiger partial charge in [-0.1, -0.05) is 57.7 Å². The molecule has 2 N–H and O–H groups in total. The van der Waals surface area contributed by atoms with Gasteiger partial charge in [-0.3, -0.25) is 13.8 Å². The molecule has 9 aliphatic rings. The van der Waals surface area contributed by atoms with E-state index in [4.69, 9.17) is 57.9 Å². The molecule has 4 aliphatic heterocycles. The maximum absolute atomic E-state index is 12.2. The molecule has 4 saturated heterocycles. The second kappa shape index (κ2) is 45.9. The summed E-state index contributed by atoms with van der Waals surface area (Å²) < 4.78 is 95.7. The Morgan fingerprint density at radius 2 is 0.788 bits per heavy atom. The van der Waals surface area contributed by atoms with E-state index in [9.17, 15) is 31.5 Å². The van der Waals surface area contributed by atoms with Gasteiger partial charge >= 0.3 is 59.1 Å². The van der Waals surface area contributed by atoms with Crippen molar-refractivity contribution in [3.05, 3.63) is 59.7 Å². The molecule has 2 aromatic rings. The zero-order valence-electron chi connectivity index (χ0n) is 50.7. The number of halogens is 1. The van der Waals surface area contributed by atoms with E-state index in [0.717, 1.165) is 132 Å². The number of rotatable bonds is 6. The number of ether oxygens (including phenoxy) is 8. The fraction of sp³-hybridized carbons (Fsp3) is 0.763. The van der Waals surface area contributed by atoms with Gasteiger partial charge in [0.25, 0.3) is 19.2 Å². The Bertz CT molecular complexity index is 2260. The van der Waals surface area contributed by atoms with Gasteiger partial charge in [0.1, 0.15) is 11.6 Å². The number of ketones is 2. The summed E-state index contributed by atoms with van der Waals surface area (Å²) in [5, 5.41) is 17.8. The topological polar surface area (TPSA) is 226 Å². The maximum Gasteiger partial charge on any atom is 1.00 e. The minimum atomic E-state index is -3.69. The first-order valence-corrected chi connectivity index (χ1v) is 34.6. The van der Waals surface area contributed by atoms with Crippen LogP contribution in [0.25, 0.3) is 0 Å². The quantitative estimate of drug-likeness (QED) is 0.165. The van der Waals surface area contributed by atoms with E-state index in [1.54, 1.807) is 42.7 Å². The summed E-state index contributed by atoms with van der Waals surface area (Å²) in [5.74, 6) is -0.526. The van der Waals surface area contributed by atoms with E-state index in [1.165, 1.54) is 25.0 Å². The normalized spacial score (nSPS) is 23.0. The van der Waals surface area contributed by atoms with Crippen molar-refractivity contribution in [3.8, 4) is 0 Å². The number of hydrogen-bond donors (Lipinski definition) is 2. The van der Waals surface area contributed by atoms with Crippen LogP contribution in [0.5, 0.6) is 0 Å². The minimum absolute atomic E-state index is 0. The number of thioether (sulfide) groups is 2. The number of carbonyl (C=O) groups is 2. The Morgan fingerprint density at radius 3 is 1.12 bits per heavy atom. The molecule has 0 aromatic heterocycles. The van der Waals surface area contributed by atoms with Gasteiger partial charge in [0, 0.05) is 114 Å². The Kier molecular flexibility index (Phi) is 48.5. The molecule has 0 unspecified atom stereocenters. The van der Waals surface area contributed by atoms with E-state index in [-0.39, 0.29) is 131 Å². The van der Waals surface area contributed by atoms with E-state index in [0.29, 0.717) is 76.5 Å². The second-order valence-electron chi connectivity index (χ2n) is 20.4. The van der Waals surface area contributed by atoms with Gasteiger partial charge in [-0.25, -0.2) is 8.42 Å². The van der Waals surface area contributed by atoms with Crippen LogP contribution in [0.15, 0.2) is 58.3 Å². The fourth-order valence-electron chi connectivity index (χ4n) is 10.3. The first-order chi connectivity index (χ1) is 37.8. The molecule has 17 nitrogen and oxygen atoms in total. The zero-order valence-corrected chi connectivity index (χ0v) is 58.6. The van der Waals surface area contributed by atoms with Crippen LogP contribution in [-0.4, -0.2) is 172 Å². The summed E-state index contributed by atoms with van der Waals surface area (Å²) in [4.78, 5) is 22.0. The Labute approximate surface area is 578 Å². The molecule has 26 heteroatoms. The third-order valence-electron chi connectivity index (χ3n) is 15.0. The smallest absolute Gasteiger partial charge is 1.00 e. The van der Waals surface area contributed by atoms with Crippen LogP contribution in [-0.2, 0) is 83.5 Å². The minimum Gasteiger partial charge on any atom is -1.00 e. The molecule has 9 fully saturated rings. The van der Waals surface area contributed by atoms with Crippen molar-refractivity contribution in [3.63, 3.8) is 0 Å². The number of benzene rings is 2. The first kappa shape index (κ1) is 89.8. The molecule has 0 atom stereocenters. The largest absolute Gasteiger partial charge is 1.00 e. The Hall–Kier alpha value is 0.645. The van der Waals surface area contributed by atoms with Crippen molar-refractivity contribution >= 4 is 86.0 Å². The average molecular weight is 1340 g/mol. The molecule has 5 aliphatic carbocycles. The molecule has 4 spiro atoms. The van der Waals surface area contributed by atoms with Crippen LogP contribution in [0.4, 0.5) is 0 Å². The van der Waals surface area contributed by atoms with Crippen LogP contribution in [0.3, 0.4) is 0 Å². The number of Topliss-reactive ketones (excluding diaryl/α,β-unsaturated/α-hetero) is 2. The monoisotopic (exact) mass is 1330 g/mol. The van der Waals surface area contributed by atoms with Crippen LogP contribution >= 0.6 is 34.2 Å². The van der Waals surface area contributed by atoms with Gasteiger partial charge in [0.15, 0.2) is 23.1 Å². The van der Waals surface area contributed by atoms with Gasteiger partial charge in [-0.15, -0.1) is 0 Å². The number of hydrogen-bond acceptors (Lipinski definition) is 20. The summed E-state index contributed by atoms with van der Waals surface area (Å²) in [6, 6.07) is 13.1. The molecule has 0 amide bonds. The molecule has 11 rings (SSSR count). The van der Waals surface area contributed by atoms with Crippen LogP contribution in [0.2, 0.25) is 0 Å². The maximum atomic E-state index is 12.2. The number of aliphatic hydroxyl groups excluding tert-OH is 2. The molecule has 85 heavy (non-hydrogen) atoms. The number of aryl methyl sites for hydroxylation is 2. The molecular weight excluding hydrogens is 1230 g/mol. The predicted octanol–water partition coefficient (Wildman–Crippen LogP) is 5.16. The van der Waals surface area contributed by atoms with Crippen LogP contribution in [0, 0.1) is 13.8 Å². The van der Waals surface area contributed by atoms with Crippen LogP contribution in [0.1, 0.15) is 163 Å². The second-order valence-corrected chi connectivity index (χ2v) is 26.8. The van der Waals surface area contributed by atoms with Crippen molar-refractivity contribution in [2.75, 3.05) is 78.7 Å². The van der Waals surface area contributed by atoms with E-state index in [1.807, 2.05) is 37.4 Å². The summed E-state index contributed by atoms with van der Waals surface area (Å²) in [7, 11) is -1.16. The third-order valence-corrected chi connectivity index (χ3v) is 20.0. The predicted molar refractivity (Wildman–Crippen MR) is 337 cm³/mol. The van der Waals surface area contributed by atoms with Crippen molar-refractivity contribution < 1.29 is 139 Å². The fourth-order valence-corrected chi connectivity index (χ4v) is 13.6.